The number of carbonyl (C=O) groups excluding carboxylic acids is 2. The van der Waals surface area contributed by atoms with Gasteiger partial charge in [0, 0.05) is 6.54 Å². The Kier molecular flexibility index (Phi) is 7.74. The molecule has 9 heteroatoms. The van der Waals surface area contributed by atoms with Crippen LogP contribution in [-0.4, -0.2) is 47.1 Å². The van der Waals surface area contributed by atoms with E-state index in [0.29, 0.717) is 13.0 Å². The van der Waals surface area contributed by atoms with E-state index in [9.17, 15) is 18.0 Å². The monoisotopic (exact) mass is 420 g/mol. The SMILES string of the molecule is CNS(=O)(=O)c1cc(C(=O)O[C@@H](C)C(=O)NCCc2ccccc2)ccc1OC. The first-order chi connectivity index (χ1) is 13.8. The van der Waals surface area contributed by atoms with Gasteiger partial charge in [0.2, 0.25) is 10.0 Å². The standard InChI is InChI=1S/C20H24N2O6S/c1-14(19(23)22-12-11-15-7-5-4-6-8-15)28-20(24)16-9-10-17(27-3)18(13-16)29(25,26)21-2/h4-10,13-14,21H,11-12H2,1-3H3,(H,22,23)/t14-/m0/s1. The van der Waals surface area contributed by atoms with Crippen LogP contribution in [0.4, 0.5) is 0 Å². The molecule has 0 spiro atoms. The van der Waals surface area contributed by atoms with Gasteiger partial charge in [0.25, 0.3) is 5.91 Å². The third-order valence-corrected chi connectivity index (χ3v) is 5.60. The Morgan fingerprint density at radius 1 is 1.10 bits per heavy atom. The third kappa shape index (κ3) is 6.03. The van der Waals surface area contributed by atoms with Gasteiger partial charge in [-0.25, -0.2) is 17.9 Å². The summed E-state index contributed by atoms with van der Waals surface area (Å²) in [6, 6.07) is 13.5. The second-order valence-electron chi connectivity index (χ2n) is 6.15. The van der Waals surface area contributed by atoms with E-state index in [1.165, 1.54) is 33.2 Å². The average Bonchev–Trinajstić information content (AvgIpc) is 2.73. The Bertz CT molecular complexity index is 960. The molecule has 0 saturated carbocycles. The maximum absolute atomic E-state index is 12.4. The number of rotatable bonds is 9. The van der Waals surface area contributed by atoms with Crippen molar-refractivity contribution in [3.8, 4) is 5.75 Å². The molecule has 29 heavy (non-hydrogen) atoms. The molecule has 0 unspecified atom stereocenters. The van der Waals surface area contributed by atoms with Gasteiger partial charge in [-0.1, -0.05) is 30.3 Å². The Morgan fingerprint density at radius 3 is 2.41 bits per heavy atom. The average molecular weight is 420 g/mol. The van der Waals surface area contributed by atoms with Gasteiger partial charge in [-0.3, -0.25) is 4.79 Å². The molecule has 0 fully saturated rings. The summed E-state index contributed by atoms with van der Waals surface area (Å²) in [5.74, 6) is -1.17. The zero-order chi connectivity index (χ0) is 21.4. The molecule has 2 aromatic rings. The topological polar surface area (TPSA) is 111 Å². The van der Waals surface area contributed by atoms with Crippen LogP contribution in [0.2, 0.25) is 0 Å². The van der Waals surface area contributed by atoms with Crippen LogP contribution < -0.4 is 14.8 Å². The van der Waals surface area contributed by atoms with Crippen LogP contribution in [0, 0.1) is 0 Å². The lowest BCUT2D eigenvalue weighted by atomic mass is 10.1. The van der Waals surface area contributed by atoms with Crippen LogP contribution in [0.25, 0.3) is 0 Å². The summed E-state index contributed by atoms with van der Waals surface area (Å²) >= 11 is 0. The first-order valence-corrected chi connectivity index (χ1v) is 10.4. The van der Waals surface area contributed by atoms with E-state index in [2.05, 4.69) is 10.0 Å². The summed E-state index contributed by atoms with van der Waals surface area (Å²) in [5.41, 5.74) is 1.07. The van der Waals surface area contributed by atoms with E-state index in [4.69, 9.17) is 9.47 Å². The molecule has 0 radical (unpaired) electrons. The summed E-state index contributed by atoms with van der Waals surface area (Å²) < 4.78 is 36.6. The van der Waals surface area contributed by atoms with E-state index in [1.807, 2.05) is 30.3 Å². The van der Waals surface area contributed by atoms with Crippen LogP contribution in [-0.2, 0) is 26.0 Å². The summed E-state index contributed by atoms with van der Waals surface area (Å²) in [6.45, 7) is 1.85. The molecule has 0 aliphatic heterocycles. The highest BCUT2D eigenvalue weighted by molar-refractivity contribution is 7.89. The smallest absolute Gasteiger partial charge is 0.338 e. The van der Waals surface area contributed by atoms with Crippen molar-refractivity contribution in [2.24, 2.45) is 0 Å². The van der Waals surface area contributed by atoms with E-state index >= 15 is 0 Å². The van der Waals surface area contributed by atoms with Gasteiger partial charge in [-0.05, 0) is 44.2 Å². The molecule has 2 aromatic carbocycles. The van der Waals surface area contributed by atoms with Gasteiger partial charge in [-0.15, -0.1) is 0 Å². The molecular formula is C20H24N2O6S. The van der Waals surface area contributed by atoms with Gasteiger partial charge in [0.15, 0.2) is 6.10 Å². The van der Waals surface area contributed by atoms with E-state index in [0.717, 1.165) is 11.6 Å². The van der Waals surface area contributed by atoms with Gasteiger partial charge in [0.05, 0.1) is 12.7 Å². The maximum atomic E-state index is 12.4. The number of amides is 1. The Hall–Kier alpha value is -2.91. The van der Waals surface area contributed by atoms with Crippen LogP contribution in [0.15, 0.2) is 53.4 Å². The Labute approximate surface area is 170 Å². The quantitative estimate of drug-likeness (QED) is 0.595. The fraction of sp³-hybridized carbons (Fsp3) is 0.300. The molecule has 0 aliphatic carbocycles. The number of hydrogen-bond acceptors (Lipinski definition) is 6. The number of methoxy groups -OCH3 is 1. The predicted octanol–water partition coefficient (Wildman–Crippen LogP) is 1.51. The van der Waals surface area contributed by atoms with E-state index in [1.54, 1.807) is 0 Å². The van der Waals surface area contributed by atoms with Gasteiger partial charge < -0.3 is 14.8 Å². The number of hydrogen-bond donors (Lipinski definition) is 2. The van der Waals surface area contributed by atoms with Crippen molar-refractivity contribution >= 4 is 21.9 Å². The molecule has 0 aromatic heterocycles. The second kappa shape index (κ2) is 10.0. The normalized spacial score (nSPS) is 12.1. The minimum atomic E-state index is -3.84. The van der Waals surface area contributed by atoms with Gasteiger partial charge >= 0.3 is 5.97 Å². The van der Waals surface area contributed by atoms with E-state index < -0.39 is 28.0 Å². The lowest BCUT2D eigenvalue weighted by molar-refractivity contribution is -0.129. The Balaban J connectivity index is 1.99. The highest BCUT2D eigenvalue weighted by Gasteiger charge is 2.23. The lowest BCUT2D eigenvalue weighted by Crippen LogP contribution is -2.37. The molecule has 8 nitrogen and oxygen atoms in total. The number of nitrogens with one attached hydrogen (secondary N) is 2. The first-order valence-electron chi connectivity index (χ1n) is 8.92. The molecule has 1 atom stereocenters. The van der Waals surface area contributed by atoms with Crippen molar-refractivity contribution in [1.29, 1.82) is 0 Å². The molecule has 2 rings (SSSR count). The van der Waals surface area contributed by atoms with Crippen molar-refractivity contribution in [1.82, 2.24) is 10.0 Å². The summed E-state index contributed by atoms with van der Waals surface area (Å²) in [4.78, 5) is 24.3. The largest absolute Gasteiger partial charge is 0.495 e. The molecule has 1 amide bonds. The third-order valence-electron chi connectivity index (χ3n) is 4.17. The van der Waals surface area contributed by atoms with Crippen molar-refractivity contribution in [2.75, 3.05) is 20.7 Å². The number of ether oxygens (including phenoxy) is 2. The van der Waals surface area contributed by atoms with Crippen LogP contribution in [0.1, 0.15) is 22.8 Å². The molecule has 156 valence electrons. The molecule has 2 N–H and O–H groups in total. The van der Waals surface area contributed by atoms with Crippen molar-refractivity contribution in [2.45, 2.75) is 24.3 Å². The van der Waals surface area contributed by atoms with Crippen LogP contribution in [0.5, 0.6) is 5.75 Å². The van der Waals surface area contributed by atoms with E-state index in [-0.39, 0.29) is 16.2 Å². The first kappa shape index (κ1) is 22.4. The zero-order valence-electron chi connectivity index (χ0n) is 16.5. The van der Waals surface area contributed by atoms with Gasteiger partial charge in [0.1, 0.15) is 10.6 Å². The highest BCUT2D eigenvalue weighted by atomic mass is 32.2. The van der Waals surface area contributed by atoms with Gasteiger partial charge in [-0.2, -0.15) is 0 Å². The van der Waals surface area contributed by atoms with Crippen LogP contribution in [0.3, 0.4) is 0 Å². The summed E-state index contributed by atoms with van der Waals surface area (Å²) in [5, 5.41) is 2.71. The zero-order valence-corrected chi connectivity index (χ0v) is 17.3. The predicted molar refractivity (Wildman–Crippen MR) is 107 cm³/mol. The number of carbonyl (C=O) groups is 2. The summed E-state index contributed by atoms with van der Waals surface area (Å²) in [6.07, 6.45) is -0.388. The minimum Gasteiger partial charge on any atom is -0.495 e. The van der Waals surface area contributed by atoms with Crippen molar-refractivity contribution in [3.63, 3.8) is 0 Å². The number of benzene rings is 2. The summed E-state index contributed by atoms with van der Waals surface area (Å²) in [7, 11) is -1.27. The molecule has 0 heterocycles. The maximum Gasteiger partial charge on any atom is 0.338 e. The number of sulfonamides is 1. The molecule has 0 bridgehead atoms. The highest BCUT2D eigenvalue weighted by Crippen LogP contribution is 2.25. The van der Waals surface area contributed by atoms with Crippen molar-refractivity contribution in [3.05, 3.63) is 59.7 Å². The number of esters is 1. The Morgan fingerprint density at radius 2 is 1.79 bits per heavy atom. The second-order valence-corrected chi connectivity index (χ2v) is 8.00. The fourth-order valence-electron chi connectivity index (χ4n) is 2.52. The minimum absolute atomic E-state index is 0.0106. The lowest BCUT2D eigenvalue weighted by Gasteiger charge is -2.15. The molecular weight excluding hydrogens is 396 g/mol. The van der Waals surface area contributed by atoms with Crippen molar-refractivity contribution < 1.29 is 27.5 Å². The van der Waals surface area contributed by atoms with Crippen LogP contribution >= 0.6 is 0 Å². The molecule has 0 aliphatic rings. The fourth-order valence-corrected chi connectivity index (χ4v) is 3.44. The molecule has 0 saturated heterocycles.